The normalized spacial score (nSPS) is 18.8. The zero-order chi connectivity index (χ0) is 16.4. The summed E-state index contributed by atoms with van der Waals surface area (Å²) in [6.45, 7) is 1.78. The van der Waals surface area contributed by atoms with Crippen molar-refractivity contribution in [2.45, 2.75) is 32.2 Å². The van der Waals surface area contributed by atoms with Crippen LogP contribution in [0.5, 0.6) is 0 Å². The molecule has 1 aromatic carbocycles. The number of amides is 2. The maximum atomic E-state index is 12.3. The van der Waals surface area contributed by atoms with Crippen molar-refractivity contribution in [1.29, 1.82) is 0 Å². The number of nitrogens with one attached hydrogen (secondary N) is 1. The predicted octanol–water partition coefficient (Wildman–Crippen LogP) is 3.26. The molecule has 2 fully saturated rings. The molecule has 124 valence electrons. The van der Waals surface area contributed by atoms with Gasteiger partial charge in [0, 0.05) is 41.5 Å². The van der Waals surface area contributed by atoms with Gasteiger partial charge in [0.2, 0.25) is 11.8 Å². The fourth-order valence-corrected chi connectivity index (χ4v) is 3.42. The van der Waals surface area contributed by atoms with Crippen molar-refractivity contribution >= 4 is 35.0 Å². The van der Waals surface area contributed by atoms with E-state index in [0.717, 1.165) is 31.2 Å². The SMILES string of the molecule is O=C(NCc1ccc(Cl)cc1Cl)C1CCN(C(=O)C2CC2)CC1. The lowest BCUT2D eigenvalue weighted by Gasteiger charge is -2.31. The first-order chi connectivity index (χ1) is 11.0. The first-order valence-corrected chi connectivity index (χ1v) is 8.80. The maximum Gasteiger partial charge on any atom is 0.225 e. The Balaban J connectivity index is 1.46. The van der Waals surface area contributed by atoms with Crippen LogP contribution in [0.4, 0.5) is 0 Å². The summed E-state index contributed by atoms with van der Waals surface area (Å²) < 4.78 is 0. The van der Waals surface area contributed by atoms with Gasteiger partial charge in [-0.15, -0.1) is 0 Å². The smallest absolute Gasteiger partial charge is 0.225 e. The molecule has 0 radical (unpaired) electrons. The summed E-state index contributed by atoms with van der Waals surface area (Å²) in [6.07, 6.45) is 3.53. The molecule has 6 heteroatoms. The quantitative estimate of drug-likeness (QED) is 0.901. The van der Waals surface area contributed by atoms with Crippen LogP contribution in [0.3, 0.4) is 0 Å². The van der Waals surface area contributed by atoms with Crippen LogP contribution in [0, 0.1) is 11.8 Å². The Morgan fingerprint density at radius 1 is 1.09 bits per heavy atom. The molecule has 0 atom stereocenters. The van der Waals surface area contributed by atoms with E-state index in [9.17, 15) is 9.59 Å². The summed E-state index contributed by atoms with van der Waals surface area (Å²) in [5.74, 6) is 0.545. The number of nitrogens with zero attached hydrogens (tertiary/aromatic N) is 1. The monoisotopic (exact) mass is 354 g/mol. The molecular formula is C17H20Cl2N2O2. The van der Waals surface area contributed by atoms with E-state index < -0.39 is 0 Å². The lowest BCUT2D eigenvalue weighted by molar-refractivity contribution is -0.136. The van der Waals surface area contributed by atoms with Gasteiger partial charge in [-0.25, -0.2) is 0 Å². The Bertz CT molecular complexity index is 609. The van der Waals surface area contributed by atoms with Gasteiger partial charge in [0.05, 0.1) is 0 Å². The van der Waals surface area contributed by atoms with Crippen molar-refractivity contribution in [2.24, 2.45) is 11.8 Å². The van der Waals surface area contributed by atoms with Crippen molar-refractivity contribution < 1.29 is 9.59 Å². The van der Waals surface area contributed by atoms with Crippen LogP contribution in [-0.2, 0) is 16.1 Å². The standard InChI is InChI=1S/C17H20Cl2N2O2/c18-14-4-3-13(15(19)9-14)10-20-16(22)11-5-7-21(8-6-11)17(23)12-1-2-12/h3-4,9,11-12H,1-2,5-8,10H2,(H,20,22). The van der Waals surface area contributed by atoms with E-state index in [1.54, 1.807) is 12.1 Å². The summed E-state index contributed by atoms with van der Waals surface area (Å²) in [4.78, 5) is 26.2. The molecule has 4 nitrogen and oxygen atoms in total. The summed E-state index contributed by atoms with van der Waals surface area (Å²) >= 11 is 12.0. The average molecular weight is 355 g/mol. The van der Waals surface area contributed by atoms with E-state index >= 15 is 0 Å². The minimum absolute atomic E-state index is 0.0238. The molecule has 1 aliphatic carbocycles. The minimum Gasteiger partial charge on any atom is -0.352 e. The number of rotatable bonds is 4. The third-order valence-corrected chi connectivity index (χ3v) is 5.16. The molecule has 1 heterocycles. The van der Waals surface area contributed by atoms with Crippen molar-refractivity contribution in [3.63, 3.8) is 0 Å². The molecule has 1 aromatic rings. The van der Waals surface area contributed by atoms with Gasteiger partial charge in [0.25, 0.3) is 0 Å². The van der Waals surface area contributed by atoms with Crippen LogP contribution >= 0.6 is 23.2 Å². The highest BCUT2D eigenvalue weighted by molar-refractivity contribution is 6.35. The molecule has 1 aliphatic heterocycles. The number of likely N-dealkylation sites (tertiary alicyclic amines) is 1. The Labute approximate surface area is 146 Å². The molecule has 1 saturated carbocycles. The molecule has 2 aliphatic rings. The lowest BCUT2D eigenvalue weighted by Crippen LogP contribution is -2.43. The van der Waals surface area contributed by atoms with Crippen LogP contribution in [0.1, 0.15) is 31.2 Å². The van der Waals surface area contributed by atoms with Crippen LogP contribution in [0.2, 0.25) is 10.0 Å². The average Bonchev–Trinajstić information content (AvgIpc) is 3.38. The van der Waals surface area contributed by atoms with Gasteiger partial charge in [-0.1, -0.05) is 29.3 Å². The van der Waals surface area contributed by atoms with Gasteiger partial charge >= 0.3 is 0 Å². The predicted molar refractivity (Wildman–Crippen MR) is 90.3 cm³/mol. The van der Waals surface area contributed by atoms with Crippen LogP contribution in [0.15, 0.2) is 18.2 Å². The first kappa shape index (κ1) is 16.6. The molecular weight excluding hydrogens is 335 g/mol. The van der Waals surface area contributed by atoms with E-state index in [1.807, 2.05) is 11.0 Å². The zero-order valence-corrected chi connectivity index (χ0v) is 14.4. The van der Waals surface area contributed by atoms with Crippen molar-refractivity contribution in [3.8, 4) is 0 Å². The lowest BCUT2D eigenvalue weighted by atomic mass is 9.95. The maximum absolute atomic E-state index is 12.3. The number of benzene rings is 1. The van der Waals surface area contributed by atoms with Gasteiger partial charge in [-0.3, -0.25) is 9.59 Å². The number of carbonyl (C=O) groups excluding carboxylic acids is 2. The second-order valence-electron chi connectivity index (χ2n) is 6.33. The highest BCUT2D eigenvalue weighted by atomic mass is 35.5. The largest absolute Gasteiger partial charge is 0.352 e. The summed E-state index contributed by atoms with van der Waals surface area (Å²) in [6, 6.07) is 5.26. The zero-order valence-electron chi connectivity index (χ0n) is 12.9. The highest BCUT2D eigenvalue weighted by Gasteiger charge is 2.35. The molecule has 0 aromatic heterocycles. The van der Waals surface area contributed by atoms with Gasteiger partial charge in [-0.05, 0) is 43.4 Å². The van der Waals surface area contributed by atoms with E-state index in [1.165, 1.54) is 0 Å². The first-order valence-electron chi connectivity index (χ1n) is 8.05. The molecule has 1 N–H and O–H groups in total. The Morgan fingerprint density at radius 2 is 1.78 bits per heavy atom. The van der Waals surface area contributed by atoms with E-state index in [4.69, 9.17) is 23.2 Å². The third kappa shape index (κ3) is 4.18. The topological polar surface area (TPSA) is 49.4 Å². The van der Waals surface area contributed by atoms with E-state index in [0.29, 0.717) is 29.7 Å². The molecule has 0 spiro atoms. The third-order valence-electron chi connectivity index (χ3n) is 4.57. The summed E-state index contributed by atoms with van der Waals surface area (Å²) in [5.41, 5.74) is 0.853. The molecule has 2 amide bonds. The van der Waals surface area contributed by atoms with Crippen LogP contribution < -0.4 is 5.32 Å². The number of halogens is 2. The van der Waals surface area contributed by atoms with Gasteiger partial charge in [0.1, 0.15) is 0 Å². The van der Waals surface area contributed by atoms with Gasteiger partial charge in [-0.2, -0.15) is 0 Å². The summed E-state index contributed by atoms with van der Waals surface area (Å²) in [5, 5.41) is 4.08. The molecule has 23 heavy (non-hydrogen) atoms. The second kappa shape index (κ2) is 7.10. The van der Waals surface area contributed by atoms with Crippen molar-refractivity contribution in [1.82, 2.24) is 10.2 Å². The van der Waals surface area contributed by atoms with Crippen LogP contribution in [-0.4, -0.2) is 29.8 Å². The summed E-state index contributed by atoms with van der Waals surface area (Å²) in [7, 11) is 0. The number of carbonyl (C=O) groups is 2. The molecule has 0 bridgehead atoms. The Kier molecular flexibility index (Phi) is 5.12. The van der Waals surface area contributed by atoms with E-state index in [-0.39, 0.29) is 23.7 Å². The van der Waals surface area contributed by atoms with Gasteiger partial charge < -0.3 is 10.2 Å². The number of hydrogen-bond acceptors (Lipinski definition) is 2. The fourth-order valence-electron chi connectivity index (χ4n) is 2.94. The molecule has 0 unspecified atom stereocenters. The fraction of sp³-hybridized carbons (Fsp3) is 0.529. The van der Waals surface area contributed by atoms with Crippen LogP contribution in [0.25, 0.3) is 0 Å². The second-order valence-corrected chi connectivity index (χ2v) is 7.17. The molecule has 3 rings (SSSR count). The highest BCUT2D eigenvalue weighted by Crippen LogP contribution is 2.32. The number of hydrogen-bond donors (Lipinski definition) is 1. The van der Waals surface area contributed by atoms with Crippen molar-refractivity contribution in [2.75, 3.05) is 13.1 Å². The Hall–Kier alpha value is -1.26. The minimum atomic E-state index is -0.0238. The van der Waals surface area contributed by atoms with Gasteiger partial charge in [0.15, 0.2) is 0 Å². The molecule has 1 saturated heterocycles. The van der Waals surface area contributed by atoms with Crippen molar-refractivity contribution in [3.05, 3.63) is 33.8 Å². The number of piperidine rings is 1. The Morgan fingerprint density at radius 3 is 2.39 bits per heavy atom. The van der Waals surface area contributed by atoms with E-state index in [2.05, 4.69) is 5.32 Å².